The Morgan fingerprint density at radius 1 is 1.12 bits per heavy atom. The van der Waals surface area contributed by atoms with Gasteiger partial charge in [0.25, 0.3) is 0 Å². The maximum atomic E-state index is 12.3. The zero-order chi connectivity index (χ0) is 18.3. The minimum Gasteiger partial charge on any atom is -0.497 e. The van der Waals surface area contributed by atoms with E-state index >= 15 is 0 Å². The van der Waals surface area contributed by atoms with Crippen LogP contribution in [0.3, 0.4) is 0 Å². The molecule has 0 radical (unpaired) electrons. The van der Waals surface area contributed by atoms with E-state index < -0.39 is 0 Å². The van der Waals surface area contributed by atoms with Gasteiger partial charge in [-0.3, -0.25) is 4.79 Å². The maximum absolute atomic E-state index is 12.3. The maximum Gasteiger partial charge on any atom is 0.240 e. The number of carbonyl (C=O) groups excluding carboxylic acids is 1. The number of amides is 1. The second-order valence-corrected chi connectivity index (χ2v) is 6.70. The minimum atomic E-state index is -0.0762. The minimum absolute atomic E-state index is 0.0443. The van der Waals surface area contributed by atoms with Crippen LogP contribution in [0.1, 0.15) is 36.1 Å². The summed E-state index contributed by atoms with van der Waals surface area (Å²) in [5.74, 6) is 1.84. The molecular weight excluding hydrogens is 328 g/mol. The van der Waals surface area contributed by atoms with Crippen molar-refractivity contribution in [2.24, 2.45) is 11.0 Å². The van der Waals surface area contributed by atoms with E-state index in [1.54, 1.807) is 26.2 Å². The van der Waals surface area contributed by atoms with Crippen molar-refractivity contribution in [2.75, 3.05) is 14.2 Å². The molecule has 4 rings (SSSR count). The van der Waals surface area contributed by atoms with Crippen LogP contribution >= 0.6 is 0 Å². The van der Waals surface area contributed by atoms with Crippen LogP contribution in [-0.4, -0.2) is 30.8 Å². The van der Waals surface area contributed by atoms with Crippen LogP contribution in [-0.2, 0) is 11.2 Å². The fourth-order valence-corrected chi connectivity index (χ4v) is 4.12. The van der Waals surface area contributed by atoms with Crippen molar-refractivity contribution in [3.8, 4) is 11.5 Å². The van der Waals surface area contributed by atoms with Gasteiger partial charge in [0.2, 0.25) is 5.91 Å². The first-order chi connectivity index (χ1) is 12.6. The lowest BCUT2D eigenvalue weighted by molar-refractivity contribution is -0.131. The Labute approximate surface area is 153 Å². The number of rotatable bonds is 3. The smallest absolute Gasteiger partial charge is 0.240 e. The molecule has 0 saturated heterocycles. The van der Waals surface area contributed by atoms with Gasteiger partial charge in [-0.15, -0.1) is 0 Å². The molecule has 5 nitrogen and oxygen atoms in total. The third kappa shape index (κ3) is 2.55. The molecule has 134 valence electrons. The number of hydrogen-bond acceptors (Lipinski definition) is 4. The third-order valence-electron chi connectivity index (χ3n) is 5.33. The van der Waals surface area contributed by atoms with Crippen LogP contribution in [0.5, 0.6) is 11.5 Å². The number of fused-ring (bicyclic) bond motifs is 3. The second kappa shape index (κ2) is 6.48. The lowest BCUT2D eigenvalue weighted by Gasteiger charge is -2.29. The molecule has 0 unspecified atom stereocenters. The number of nitrogens with zero attached hydrogens (tertiary/aromatic N) is 2. The van der Waals surface area contributed by atoms with E-state index in [2.05, 4.69) is 6.07 Å². The highest BCUT2D eigenvalue weighted by Crippen LogP contribution is 2.45. The van der Waals surface area contributed by atoms with Crippen LogP contribution in [0.25, 0.3) is 0 Å². The molecule has 0 N–H and O–H groups in total. The fraction of sp³-hybridized carbons (Fsp3) is 0.333. The Kier molecular flexibility index (Phi) is 4.15. The molecule has 2 aromatic rings. The van der Waals surface area contributed by atoms with Gasteiger partial charge < -0.3 is 9.47 Å². The summed E-state index contributed by atoms with van der Waals surface area (Å²) < 4.78 is 10.8. The topological polar surface area (TPSA) is 51.1 Å². The Hall–Kier alpha value is -2.82. The summed E-state index contributed by atoms with van der Waals surface area (Å²) >= 11 is 0. The first-order valence-electron chi connectivity index (χ1n) is 8.82. The van der Waals surface area contributed by atoms with Crippen LogP contribution in [0, 0.1) is 5.92 Å². The standard InChI is InChI=1S/C21H22N2O3/c1-13(24)23-21(14-7-9-15(25-2)10-8-14)18-12-11-16-17(20(18)22-23)5-4-6-19(16)26-3/h4-10,18,21H,11-12H2,1-3H3/t18-,21-/m0/s1. The van der Waals surface area contributed by atoms with E-state index in [1.165, 1.54) is 5.56 Å². The molecule has 1 aliphatic heterocycles. The predicted molar refractivity (Wildman–Crippen MR) is 99.6 cm³/mol. The molecule has 0 fully saturated rings. The number of benzene rings is 2. The van der Waals surface area contributed by atoms with Crippen molar-refractivity contribution in [1.82, 2.24) is 5.01 Å². The summed E-state index contributed by atoms with van der Waals surface area (Å²) in [4.78, 5) is 12.3. The Morgan fingerprint density at radius 3 is 2.54 bits per heavy atom. The molecule has 0 aromatic heterocycles. The molecule has 2 aromatic carbocycles. The van der Waals surface area contributed by atoms with Crippen LogP contribution in [0.2, 0.25) is 0 Å². The molecule has 0 spiro atoms. The van der Waals surface area contributed by atoms with Gasteiger partial charge in [-0.1, -0.05) is 24.3 Å². The molecule has 5 heteroatoms. The molecule has 0 bridgehead atoms. The van der Waals surface area contributed by atoms with E-state index in [1.807, 2.05) is 36.4 Å². The highest BCUT2D eigenvalue weighted by molar-refractivity contribution is 6.07. The summed E-state index contributed by atoms with van der Waals surface area (Å²) in [7, 11) is 3.35. The molecule has 0 saturated carbocycles. The van der Waals surface area contributed by atoms with Crippen molar-refractivity contribution >= 4 is 11.6 Å². The van der Waals surface area contributed by atoms with E-state index in [0.29, 0.717) is 0 Å². The van der Waals surface area contributed by atoms with Crippen molar-refractivity contribution in [3.63, 3.8) is 0 Å². The normalized spacial score (nSPS) is 20.9. The summed E-state index contributed by atoms with van der Waals surface area (Å²) in [6.45, 7) is 1.57. The second-order valence-electron chi connectivity index (χ2n) is 6.70. The number of methoxy groups -OCH3 is 2. The van der Waals surface area contributed by atoms with Gasteiger partial charge in [-0.2, -0.15) is 5.10 Å². The lowest BCUT2D eigenvalue weighted by atomic mass is 9.77. The Morgan fingerprint density at radius 2 is 1.88 bits per heavy atom. The van der Waals surface area contributed by atoms with E-state index in [-0.39, 0.29) is 17.9 Å². The van der Waals surface area contributed by atoms with Crippen molar-refractivity contribution in [2.45, 2.75) is 25.8 Å². The SMILES string of the molecule is COc1ccc([C@H]2[C@H]3CCc4c(OC)cccc4C3=NN2C(C)=O)cc1. The highest BCUT2D eigenvalue weighted by atomic mass is 16.5. The Balaban J connectivity index is 1.78. The quantitative estimate of drug-likeness (QED) is 0.850. The van der Waals surface area contributed by atoms with E-state index in [9.17, 15) is 4.79 Å². The zero-order valence-electron chi connectivity index (χ0n) is 15.2. The Bertz CT molecular complexity index is 873. The molecule has 1 aliphatic carbocycles. The molecular formula is C21H22N2O3. The van der Waals surface area contributed by atoms with Crippen molar-refractivity contribution < 1.29 is 14.3 Å². The first kappa shape index (κ1) is 16.6. The van der Waals surface area contributed by atoms with Gasteiger partial charge in [-0.25, -0.2) is 5.01 Å². The zero-order valence-corrected chi connectivity index (χ0v) is 15.2. The molecule has 1 heterocycles. The first-order valence-corrected chi connectivity index (χ1v) is 8.82. The molecule has 1 amide bonds. The van der Waals surface area contributed by atoms with Gasteiger partial charge in [0.05, 0.1) is 26.0 Å². The van der Waals surface area contributed by atoms with Crippen LogP contribution in [0.15, 0.2) is 47.6 Å². The van der Waals surface area contributed by atoms with Crippen LogP contribution in [0.4, 0.5) is 0 Å². The highest BCUT2D eigenvalue weighted by Gasteiger charge is 2.43. The van der Waals surface area contributed by atoms with E-state index in [4.69, 9.17) is 14.6 Å². The average molecular weight is 350 g/mol. The van der Waals surface area contributed by atoms with Gasteiger partial charge in [0.15, 0.2) is 0 Å². The number of ether oxygens (including phenoxy) is 2. The molecule has 26 heavy (non-hydrogen) atoms. The summed E-state index contributed by atoms with van der Waals surface area (Å²) in [6, 6.07) is 13.9. The summed E-state index contributed by atoms with van der Waals surface area (Å²) in [5.41, 5.74) is 4.35. The van der Waals surface area contributed by atoms with Crippen LogP contribution < -0.4 is 9.47 Å². The lowest BCUT2D eigenvalue weighted by Crippen LogP contribution is -2.31. The number of carbonyl (C=O) groups is 1. The summed E-state index contributed by atoms with van der Waals surface area (Å²) in [6.07, 6.45) is 1.86. The van der Waals surface area contributed by atoms with Gasteiger partial charge >= 0.3 is 0 Å². The predicted octanol–water partition coefficient (Wildman–Crippen LogP) is 3.57. The average Bonchev–Trinajstić information content (AvgIpc) is 3.08. The monoisotopic (exact) mass is 350 g/mol. The van der Waals surface area contributed by atoms with Gasteiger partial charge in [-0.05, 0) is 36.6 Å². The van der Waals surface area contributed by atoms with Gasteiger partial charge in [0, 0.05) is 24.0 Å². The summed E-state index contributed by atoms with van der Waals surface area (Å²) in [5, 5.41) is 6.38. The molecule has 2 aliphatic rings. The van der Waals surface area contributed by atoms with E-state index in [0.717, 1.165) is 41.2 Å². The fourth-order valence-electron chi connectivity index (χ4n) is 4.12. The van der Waals surface area contributed by atoms with Crippen molar-refractivity contribution in [1.29, 1.82) is 0 Å². The molecule has 2 atom stereocenters. The van der Waals surface area contributed by atoms with Gasteiger partial charge in [0.1, 0.15) is 11.5 Å². The van der Waals surface area contributed by atoms with Crippen molar-refractivity contribution in [3.05, 3.63) is 59.2 Å². The number of hydrazone groups is 1. The number of hydrogen-bond donors (Lipinski definition) is 0. The largest absolute Gasteiger partial charge is 0.497 e. The third-order valence-corrected chi connectivity index (χ3v) is 5.33.